The van der Waals surface area contributed by atoms with Crippen LogP contribution in [0.15, 0.2) is 11.6 Å². The number of aliphatic carboxylic acids is 1. The molecule has 0 aliphatic carbocycles. The first-order chi connectivity index (χ1) is 7.80. The molecule has 1 heterocycles. The molecule has 0 fully saturated rings. The third-order valence-electron chi connectivity index (χ3n) is 2.66. The van der Waals surface area contributed by atoms with Crippen LogP contribution in [-0.4, -0.2) is 40.6 Å². The highest BCUT2D eigenvalue weighted by molar-refractivity contribution is 5.77. The summed E-state index contributed by atoms with van der Waals surface area (Å²) in [7, 11) is 0. The second-order valence-corrected chi connectivity index (χ2v) is 5.15. The van der Waals surface area contributed by atoms with Gasteiger partial charge in [-0.05, 0) is 27.2 Å². The molecule has 2 amide bonds. The first-order valence-corrected chi connectivity index (χ1v) is 5.75. The number of carboxylic acids is 1. The molecule has 5 heteroatoms. The van der Waals surface area contributed by atoms with Gasteiger partial charge in [0.1, 0.15) is 0 Å². The Balaban J connectivity index is 2.54. The number of nitrogens with one attached hydrogen (secondary N) is 1. The fourth-order valence-electron chi connectivity index (χ4n) is 1.88. The average Bonchev–Trinajstić information content (AvgIpc) is 2.14. The smallest absolute Gasteiger partial charge is 0.318 e. The van der Waals surface area contributed by atoms with Gasteiger partial charge in [-0.2, -0.15) is 0 Å². The zero-order valence-corrected chi connectivity index (χ0v) is 10.6. The van der Waals surface area contributed by atoms with Gasteiger partial charge in [-0.3, -0.25) is 4.79 Å². The van der Waals surface area contributed by atoms with Gasteiger partial charge >= 0.3 is 12.0 Å². The predicted molar refractivity (Wildman–Crippen MR) is 64.8 cm³/mol. The van der Waals surface area contributed by atoms with Crippen molar-refractivity contribution in [2.45, 2.75) is 39.2 Å². The van der Waals surface area contributed by atoms with Crippen molar-refractivity contribution in [3.8, 4) is 0 Å². The molecule has 0 atom stereocenters. The van der Waals surface area contributed by atoms with Gasteiger partial charge < -0.3 is 15.3 Å². The highest BCUT2D eigenvalue weighted by Crippen LogP contribution is 2.12. The second-order valence-electron chi connectivity index (χ2n) is 5.15. The number of nitrogens with zero attached hydrogens (tertiary/aromatic N) is 1. The lowest BCUT2D eigenvalue weighted by atomic mass is 10.0. The molecule has 1 aliphatic heterocycles. The van der Waals surface area contributed by atoms with E-state index in [0.29, 0.717) is 13.1 Å². The Bertz CT molecular complexity index is 348. The Hall–Kier alpha value is -1.52. The Kier molecular flexibility index (Phi) is 4.15. The van der Waals surface area contributed by atoms with Gasteiger partial charge in [0.05, 0.1) is 6.42 Å². The lowest BCUT2D eigenvalue weighted by Gasteiger charge is -2.31. The van der Waals surface area contributed by atoms with E-state index < -0.39 is 11.5 Å². The molecule has 1 aliphatic rings. The predicted octanol–water partition coefficient (Wildman–Crippen LogP) is 1.60. The van der Waals surface area contributed by atoms with Crippen molar-refractivity contribution < 1.29 is 14.7 Å². The molecule has 0 aromatic rings. The van der Waals surface area contributed by atoms with Gasteiger partial charge in [0, 0.05) is 18.6 Å². The first kappa shape index (κ1) is 13.5. The van der Waals surface area contributed by atoms with E-state index in [1.807, 2.05) is 6.92 Å². The van der Waals surface area contributed by atoms with E-state index in [1.165, 1.54) is 5.57 Å². The monoisotopic (exact) mass is 240 g/mol. The number of amides is 2. The van der Waals surface area contributed by atoms with Crippen molar-refractivity contribution in [1.82, 2.24) is 10.2 Å². The van der Waals surface area contributed by atoms with Crippen LogP contribution in [0.25, 0.3) is 0 Å². The van der Waals surface area contributed by atoms with Crippen LogP contribution >= 0.6 is 0 Å². The van der Waals surface area contributed by atoms with E-state index in [4.69, 9.17) is 5.11 Å². The summed E-state index contributed by atoms with van der Waals surface area (Å²) in [5, 5.41) is 11.5. The molecule has 0 saturated carbocycles. The van der Waals surface area contributed by atoms with E-state index in [0.717, 1.165) is 6.42 Å². The fraction of sp³-hybridized carbons (Fsp3) is 0.667. The van der Waals surface area contributed by atoms with Crippen LogP contribution < -0.4 is 5.32 Å². The molecule has 1 rings (SSSR count). The SMILES string of the molecule is CC1=CCCN(C(=O)NC(C)(C)CC(=O)O)C1. The summed E-state index contributed by atoms with van der Waals surface area (Å²) in [4.78, 5) is 24.3. The Morgan fingerprint density at radius 1 is 1.53 bits per heavy atom. The summed E-state index contributed by atoms with van der Waals surface area (Å²) in [5.41, 5.74) is 0.445. The van der Waals surface area contributed by atoms with Crippen molar-refractivity contribution in [2.24, 2.45) is 0 Å². The summed E-state index contributed by atoms with van der Waals surface area (Å²) in [5.74, 6) is -0.912. The molecule has 0 bridgehead atoms. The van der Waals surface area contributed by atoms with Crippen molar-refractivity contribution in [2.75, 3.05) is 13.1 Å². The van der Waals surface area contributed by atoms with E-state index >= 15 is 0 Å². The zero-order valence-electron chi connectivity index (χ0n) is 10.6. The zero-order chi connectivity index (χ0) is 13.1. The lowest BCUT2D eigenvalue weighted by molar-refractivity contribution is -0.138. The van der Waals surface area contributed by atoms with E-state index in [9.17, 15) is 9.59 Å². The summed E-state index contributed by atoms with van der Waals surface area (Å²) >= 11 is 0. The minimum absolute atomic E-state index is 0.0819. The minimum atomic E-state index is -0.912. The van der Waals surface area contributed by atoms with Crippen molar-refractivity contribution in [3.63, 3.8) is 0 Å². The maximum Gasteiger partial charge on any atom is 0.318 e. The highest BCUT2D eigenvalue weighted by Gasteiger charge is 2.26. The molecule has 96 valence electrons. The van der Waals surface area contributed by atoms with Crippen LogP contribution in [0.2, 0.25) is 0 Å². The van der Waals surface area contributed by atoms with Crippen molar-refractivity contribution in [3.05, 3.63) is 11.6 Å². The van der Waals surface area contributed by atoms with E-state index in [-0.39, 0.29) is 12.5 Å². The standard InChI is InChI=1S/C12H20N2O3/c1-9-5-4-6-14(8-9)11(17)13-12(2,3)7-10(15)16/h5H,4,6-8H2,1-3H3,(H,13,17)(H,15,16). The summed E-state index contributed by atoms with van der Waals surface area (Å²) < 4.78 is 0. The van der Waals surface area contributed by atoms with Gasteiger partial charge in [0.15, 0.2) is 0 Å². The topological polar surface area (TPSA) is 69.6 Å². The highest BCUT2D eigenvalue weighted by atomic mass is 16.4. The lowest BCUT2D eigenvalue weighted by Crippen LogP contribution is -2.52. The summed E-state index contributed by atoms with van der Waals surface area (Å²) in [6, 6.07) is -0.191. The second kappa shape index (κ2) is 5.21. The number of hydrogen-bond acceptors (Lipinski definition) is 2. The van der Waals surface area contributed by atoms with Crippen LogP contribution in [0.1, 0.15) is 33.6 Å². The number of carbonyl (C=O) groups excluding carboxylic acids is 1. The van der Waals surface area contributed by atoms with Gasteiger partial charge in [0.25, 0.3) is 0 Å². The van der Waals surface area contributed by atoms with Crippen LogP contribution in [0.5, 0.6) is 0 Å². The first-order valence-electron chi connectivity index (χ1n) is 5.75. The largest absolute Gasteiger partial charge is 0.481 e. The van der Waals surface area contributed by atoms with Crippen molar-refractivity contribution >= 4 is 12.0 Å². The van der Waals surface area contributed by atoms with Gasteiger partial charge in [-0.25, -0.2) is 4.79 Å². The van der Waals surface area contributed by atoms with Crippen LogP contribution in [-0.2, 0) is 4.79 Å². The Morgan fingerprint density at radius 3 is 2.71 bits per heavy atom. The molecule has 0 unspecified atom stereocenters. The number of carbonyl (C=O) groups is 2. The molecule has 0 aromatic heterocycles. The quantitative estimate of drug-likeness (QED) is 0.736. The Morgan fingerprint density at radius 2 is 2.18 bits per heavy atom. The summed E-state index contributed by atoms with van der Waals surface area (Å²) in [6.07, 6.45) is 2.90. The number of rotatable bonds is 3. The summed E-state index contributed by atoms with van der Waals surface area (Å²) in [6.45, 7) is 6.72. The fourth-order valence-corrected chi connectivity index (χ4v) is 1.88. The molecule has 0 aromatic carbocycles. The molecule has 0 radical (unpaired) electrons. The van der Waals surface area contributed by atoms with Gasteiger partial charge in [-0.15, -0.1) is 0 Å². The molecule has 0 saturated heterocycles. The molecule has 5 nitrogen and oxygen atoms in total. The number of carboxylic acid groups (broad SMARTS) is 1. The van der Waals surface area contributed by atoms with Crippen LogP contribution in [0.4, 0.5) is 4.79 Å². The van der Waals surface area contributed by atoms with E-state index in [2.05, 4.69) is 11.4 Å². The third kappa shape index (κ3) is 4.46. The van der Waals surface area contributed by atoms with Gasteiger partial charge in [-0.1, -0.05) is 11.6 Å². The van der Waals surface area contributed by atoms with Crippen molar-refractivity contribution in [1.29, 1.82) is 0 Å². The van der Waals surface area contributed by atoms with Crippen LogP contribution in [0.3, 0.4) is 0 Å². The maximum absolute atomic E-state index is 11.9. The average molecular weight is 240 g/mol. The molecule has 0 spiro atoms. The maximum atomic E-state index is 11.9. The van der Waals surface area contributed by atoms with E-state index in [1.54, 1.807) is 18.7 Å². The van der Waals surface area contributed by atoms with Crippen LogP contribution in [0, 0.1) is 0 Å². The molecule has 2 N–H and O–H groups in total. The number of urea groups is 1. The Labute approximate surface area is 101 Å². The molecular weight excluding hydrogens is 220 g/mol. The van der Waals surface area contributed by atoms with Gasteiger partial charge in [0.2, 0.25) is 0 Å². The minimum Gasteiger partial charge on any atom is -0.481 e. The molecule has 17 heavy (non-hydrogen) atoms. The number of hydrogen-bond donors (Lipinski definition) is 2. The molecular formula is C12H20N2O3. The third-order valence-corrected chi connectivity index (χ3v) is 2.66. The normalized spacial score (nSPS) is 16.4.